The van der Waals surface area contributed by atoms with Crippen molar-refractivity contribution in [2.45, 2.75) is 12.6 Å². The fourth-order valence-corrected chi connectivity index (χ4v) is 0.948. The number of H-pyrrole nitrogens is 1. The Hall–Kier alpha value is -0.520. The predicted octanol–water partition coefficient (Wildman–Crippen LogP) is 2.28. The van der Waals surface area contributed by atoms with E-state index in [9.17, 15) is 13.2 Å². The normalized spacial score (nSPS) is 12.0. The number of nitrogens with one attached hydrogen (secondary N) is 1. The first-order chi connectivity index (χ1) is 4.97. The first kappa shape index (κ1) is 8.58. The van der Waals surface area contributed by atoms with Gasteiger partial charge in [-0.15, -0.1) is 0 Å². The van der Waals surface area contributed by atoms with Gasteiger partial charge in [0.15, 0.2) is 0 Å². The Kier molecular flexibility index (Phi) is 2.22. The molecular weight excluding hydrogens is 225 g/mol. The van der Waals surface area contributed by atoms with Crippen molar-refractivity contribution < 1.29 is 13.2 Å². The van der Waals surface area contributed by atoms with Crippen LogP contribution >= 0.6 is 15.9 Å². The van der Waals surface area contributed by atoms with Crippen molar-refractivity contribution in [3.8, 4) is 0 Å². The average molecular weight is 229 g/mol. The summed E-state index contributed by atoms with van der Waals surface area (Å²) in [6.07, 6.45) is -3.92. The Labute approximate surface area is 69.0 Å². The number of hydrogen-bond acceptors (Lipinski definition) is 1. The van der Waals surface area contributed by atoms with Crippen molar-refractivity contribution in [2.75, 3.05) is 0 Å². The molecule has 0 aliphatic rings. The molecule has 0 fully saturated rings. The maximum absolute atomic E-state index is 11.7. The third-order valence-electron chi connectivity index (χ3n) is 0.965. The van der Waals surface area contributed by atoms with Gasteiger partial charge in [0.25, 0.3) is 0 Å². The van der Waals surface area contributed by atoms with Gasteiger partial charge in [-0.2, -0.15) is 13.2 Å². The summed E-state index contributed by atoms with van der Waals surface area (Å²) in [6, 6.07) is 0. The second kappa shape index (κ2) is 2.84. The zero-order valence-corrected chi connectivity index (χ0v) is 6.83. The Morgan fingerprint density at radius 1 is 1.55 bits per heavy atom. The van der Waals surface area contributed by atoms with Crippen molar-refractivity contribution in [2.24, 2.45) is 0 Å². The van der Waals surface area contributed by atoms with Gasteiger partial charge in [0, 0.05) is 0 Å². The number of alkyl halides is 3. The van der Waals surface area contributed by atoms with Gasteiger partial charge in [0.2, 0.25) is 0 Å². The van der Waals surface area contributed by atoms with Crippen LogP contribution in [-0.2, 0) is 6.42 Å². The van der Waals surface area contributed by atoms with Crippen LogP contribution in [0.25, 0.3) is 0 Å². The third kappa shape index (κ3) is 2.92. The molecule has 1 heterocycles. The minimum absolute atomic E-state index is 0.0793. The summed E-state index contributed by atoms with van der Waals surface area (Å²) in [5.74, 6) is -0.0793. The minimum atomic E-state index is -4.20. The zero-order valence-electron chi connectivity index (χ0n) is 5.24. The van der Waals surface area contributed by atoms with E-state index in [1.807, 2.05) is 0 Å². The Bertz CT molecular complexity index is 242. The summed E-state index contributed by atoms with van der Waals surface area (Å²) in [7, 11) is 0. The highest BCUT2D eigenvalue weighted by Gasteiger charge is 2.29. The number of imidazole rings is 1. The fourth-order valence-electron chi connectivity index (χ4n) is 0.617. The van der Waals surface area contributed by atoms with E-state index in [0.29, 0.717) is 4.60 Å². The van der Waals surface area contributed by atoms with Crippen LogP contribution in [-0.4, -0.2) is 16.1 Å². The molecule has 0 aliphatic heterocycles. The van der Waals surface area contributed by atoms with Gasteiger partial charge in [0.1, 0.15) is 16.8 Å². The summed E-state index contributed by atoms with van der Waals surface area (Å²) < 4.78 is 35.5. The van der Waals surface area contributed by atoms with E-state index in [-0.39, 0.29) is 5.82 Å². The molecule has 62 valence electrons. The lowest BCUT2D eigenvalue weighted by atomic mass is 10.4. The van der Waals surface area contributed by atoms with E-state index in [0.717, 1.165) is 0 Å². The van der Waals surface area contributed by atoms with Crippen LogP contribution in [0.5, 0.6) is 0 Å². The lowest BCUT2D eigenvalue weighted by Gasteiger charge is -2.01. The lowest BCUT2D eigenvalue weighted by molar-refractivity contribution is -0.128. The number of halogens is 4. The minimum Gasteiger partial charge on any atom is -0.336 e. The molecule has 1 N–H and O–H groups in total. The fraction of sp³-hybridized carbons (Fsp3) is 0.400. The lowest BCUT2D eigenvalue weighted by Crippen LogP contribution is -2.12. The van der Waals surface area contributed by atoms with Crippen LogP contribution in [0, 0.1) is 0 Å². The highest BCUT2D eigenvalue weighted by molar-refractivity contribution is 9.10. The summed E-state index contributed by atoms with van der Waals surface area (Å²) in [5.41, 5.74) is 0. The first-order valence-electron chi connectivity index (χ1n) is 2.73. The van der Waals surface area contributed by atoms with Crippen molar-refractivity contribution in [3.05, 3.63) is 16.6 Å². The summed E-state index contributed by atoms with van der Waals surface area (Å²) in [6.45, 7) is 0. The smallest absolute Gasteiger partial charge is 0.336 e. The molecule has 2 nitrogen and oxygen atoms in total. The van der Waals surface area contributed by atoms with Gasteiger partial charge in [-0.05, 0) is 15.9 Å². The zero-order chi connectivity index (χ0) is 8.48. The van der Waals surface area contributed by atoms with Gasteiger partial charge in [-0.1, -0.05) is 0 Å². The van der Waals surface area contributed by atoms with Crippen molar-refractivity contribution in [3.63, 3.8) is 0 Å². The molecule has 0 spiro atoms. The Balaban J connectivity index is 2.65. The van der Waals surface area contributed by atoms with Crippen LogP contribution in [0.2, 0.25) is 0 Å². The van der Waals surface area contributed by atoms with Crippen LogP contribution in [0.3, 0.4) is 0 Å². The predicted molar refractivity (Wildman–Crippen MR) is 36.0 cm³/mol. The molecule has 0 bridgehead atoms. The van der Waals surface area contributed by atoms with E-state index in [1.54, 1.807) is 0 Å². The van der Waals surface area contributed by atoms with Gasteiger partial charge in [-0.3, -0.25) is 0 Å². The second-order valence-electron chi connectivity index (χ2n) is 1.97. The Morgan fingerprint density at radius 2 is 2.18 bits per heavy atom. The molecule has 0 aromatic carbocycles. The maximum atomic E-state index is 11.7. The molecule has 0 radical (unpaired) electrons. The quantitative estimate of drug-likeness (QED) is 0.786. The molecule has 6 heteroatoms. The molecular formula is C5H4BrF3N2. The number of rotatable bonds is 1. The molecule has 1 aromatic rings. The van der Waals surface area contributed by atoms with Gasteiger partial charge < -0.3 is 4.98 Å². The molecule has 1 aromatic heterocycles. The van der Waals surface area contributed by atoms with Gasteiger partial charge >= 0.3 is 6.18 Å². The maximum Gasteiger partial charge on any atom is 0.396 e. The SMILES string of the molecule is FC(F)(F)Cc1ncc(Br)[nH]1. The standard InChI is InChI=1S/C5H4BrF3N2/c6-3-2-10-4(11-3)1-5(7,8)9/h2H,1H2,(H,10,11). The van der Waals surface area contributed by atoms with Crippen LogP contribution in [0.4, 0.5) is 13.2 Å². The number of aromatic amines is 1. The van der Waals surface area contributed by atoms with E-state index < -0.39 is 12.6 Å². The van der Waals surface area contributed by atoms with Gasteiger partial charge in [-0.25, -0.2) is 4.98 Å². The molecule has 1 rings (SSSR count). The highest BCUT2D eigenvalue weighted by Crippen LogP contribution is 2.20. The Morgan fingerprint density at radius 3 is 2.55 bits per heavy atom. The first-order valence-corrected chi connectivity index (χ1v) is 3.53. The number of hydrogen-bond donors (Lipinski definition) is 1. The van der Waals surface area contributed by atoms with Crippen molar-refractivity contribution in [1.29, 1.82) is 0 Å². The average Bonchev–Trinajstić information content (AvgIpc) is 2.10. The topological polar surface area (TPSA) is 28.7 Å². The van der Waals surface area contributed by atoms with Crippen molar-refractivity contribution in [1.82, 2.24) is 9.97 Å². The van der Waals surface area contributed by atoms with Crippen LogP contribution in [0.15, 0.2) is 10.8 Å². The van der Waals surface area contributed by atoms with Crippen LogP contribution in [0.1, 0.15) is 5.82 Å². The number of nitrogens with zero attached hydrogens (tertiary/aromatic N) is 1. The van der Waals surface area contributed by atoms with Crippen molar-refractivity contribution >= 4 is 15.9 Å². The van der Waals surface area contributed by atoms with E-state index in [2.05, 4.69) is 25.9 Å². The highest BCUT2D eigenvalue weighted by atomic mass is 79.9. The van der Waals surface area contributed by atoms with E-state index >= 15 is 0 Å². The molecule has 0 unspecified atom stereocenters. The molecule has 0 atom stereocenters. The molecule has 0 amide bonds. The number of aromatic nitrogens is 2. The molecule has 0 saturated carbocycles. The molecule has 0 saturated heterocycles. The summed E-state index contributed by atoms with van der Waals surface area (Å²) in [5, 5.41) is 0. The molecule has 11 heavy (non-hydrogen) atoms. The third-order valence-corrected chi connectivity index (χ3v) is 1.37. The van der Waals surface area contributed by atoms with Crippen LogP contribution < -0.4 is 0 Å². The van der Waals surface area contributed by atoms with Gasteiger partial charge in [0.05, 0.1) is 6.20 Å². The van der Waals surface area contributed by atoms with E-state index in [4.69, 9.17) is 0 Å². The summed E-state index contributed by atoms with van der Waals surface area (Å²) >= 11 is 2.95. The molecule has 0 aliphatic carbocycles. The van der Waals surface area contributed by atoms with E-state index in [1.165, 1.54) is 6.20 Å². The summed E-state index contributed by atoms with van der Waals surface area (Å²) in [4.78, 5) is 5.90. The largest absolute Gasteiger partial charge is 0.396 e. The second-order valence-corrected chi connectivity index (χ2v) is 2.82. The monoisotopic (exact) mass is 228 g/mol.